The SMILES string of the molecule is CS(=O)(=O)CC(Cc1ccc(I)cc1)NN. The molecule has 1 atom stereocenters. The molecule has 0 heterocycles. The molecule has 0 amide bonds. The second-order valence-corrected chi connectivity index (χ2v) is 7.22. The molecule has 0 bridgehead atoms. The molecule has 1 aromatic rings. The van der Waals surface area contributed by atoms with Gasteiger partial charge in [0, 0.05) is 15.9 Å². The number of rotatable bonds is 5. The van der Waals surface area contributed by atoms with Crippen LogP contribution in [-0.2, 0) is 16.3 Å². The monoisotopic (exact) mass is 354 g/mol. The molecule has 0 spiro atoms. The van der Waals surface area contributed by atoms with Crippen molar-refractivity contribution in [2.75, 3.05) is 12.0 Å². The first kappa shape index (κ1) is 13.9. The van der Waals surface area contributed by atoms with Gasteiger partial charge in [-0.25, -0.2) is 8.42 Å². The van der Waals surface area contributed by atoms with Crippen LogP contribution in [0.3, 0.4) is 0 Å². The van der Waals surface area contributed by atoms with Crippen molar-refractivity contribution < 1.29 is 8.42 Å². The first-order valence-electron chi connectivity index (χ1n) is 4.79. The van der Waals surface area contributed by atoms with Crippen LogP contribution in [0.4, 0.5) is 0 Å². The number of halogens is 1. The Morgan fingerprint density at radius 2 is 1.94 bits per heavy atom. The average molecular weight is 354 g/mol. The molecular weight excluding hydrogens is 339 g/mol. The molecule has 0 aliphatic carbocycles. The van der Waals surface area contributed by atoms with Crippen molar-refractivity contribution in [3.8, 4) is 0 Å². The molecule has 0 aliphatic heterocycles. The van der Waals surface area contributed by atoms with Crippen molar-refractivity contribution in [2.24, 2.45) is 5.84 Å². The zero-order chi connectivity index (χ0) is 12.2. The summed E-state index contributed by atoms with van der Waals surface area (Å²) < 4.78 is 23.5. The minimum Gasteiger partial charge on any atom is -0.271 e. The summed E-state index contributed by atoms with van der Waals surface area (Å²) in [6, 6.07) is 7.70. The van der Waals surface area contributed by atoms with Gasteiger partial charge in [-0.15, -0.1) is 0 Å². The van der Waals surface area contributed by atoms with Crippen molar-refractivity contribution in [1.82, 2.24) is 5.43 Å². The van der Waals surface area contributed by atoms with Crippen molar-refractivity contribution in [3.63, 3.8) is 0 Å². The van der Waals surface area contributed by atoms with Gasteiger partial charge in [0.2, 0.25) is 0 Å². The Labute approximate surface area is 110 Å². The fraction of sp³-hybridized carbons (Fsp3) is 0.400. The highest BCUT2D eigenvalue weighted by Gasteiger charge is 2.14. The molecule has 0 fully saturated rings. The van der Waals surface area contributed by atoms with E-state index in [2.05, 4.69) is 28.0 Å². The lowest BCUT2D eigenvalue weighted by molar-refractivity contribution is 0.546. The lowest BCUT2D eigenvalue weighted by Crippen LogP contribution is -2.41. The maximum Gasteiger partial charge on any atom is 0.149 e. The van der Waals surface area contributed by atoms with E-state index in [1.165, 1.54) is 6.26 Å². The van der Waals surface area contributed by atoms with Gasteiger partial charge in [-0.2, -0.15) is 0 Å². The molecule has 0 saturated heterocycles. The Hall–Kier alpha value is -0.180. The normalized spacial score (nSPS) is 13.7. The predicted molar refractivity (Wildman–Crippen MR) is 73.7 cm³/mol. The zero-order valence-corrected chi connectivity index (χ0v) is 12.0. The number of nitrogens with one attached hydrogen (secondary N) is 1. The summed E-state index contributed by atoms with van der Waals surface area (Å²) in [6.07, 6.45) is 1.83. The van der Waals surface area contributed by atoms with Crippen LogP contribution in [0.1, 0.15) is 5.56 Å². The van der Waals surface area contributed by atoms with Crippen LogP contribution in [0.15, 0.2) is 24.3 Å². The van der Waals surface area contributed by atoms with E-state index in [1.807, 2.05) is 24.3 Å². The summed E-state index contributed by atoms with van der Waals surface area (Å²) in [4.78, 5) is 0. The van der Waals surface area contributed by atoms with Crippen LogP contribution in [0.2, 0.25) is 0 Å². The molecular formula is C10H15IN2O2S. The Balaban J connectivity index is 2.67. The van der Waals surface area contributed by atoms with Crippen LogP contribution in [0.5, 0.6) is 0 Å². The number of nitrogens with two attached hydrogens (primary N) is 1. The summed E-state index contributed by atoms with van der Waals surface area (Å²) in [5.41, 5.74) is 3.62. The minimum absolute atomic E-state index is 0.0511. The summed E-state index contributed by atoms with van der Waals surface area (Å²) >= 11 is 2.23. The first-order chi connectivity index (χ1) is 7.40. The summed E-state index contributed by atoms with van der Waals surface area (Å²) in [5, 5.41) is 0. The standard InChI is InChI=1S/C10H15IN2O2S/c1-16(14,15)7-10(13-12)6-8-2-4-9(11)5-3-8/h2-5,10,13H,6-7,12H2,1H3. The van der Waals surface area contributed by atoms with Gasteiger partial charge in [-0.05, 0) is 46.7 Å². The lowest BCUT2D eigenvalue weighted by Gasteiger charge is -2.14. The number of sulfone groups is 1. The van der Waals surface area contributed by atoms with Crippen molar-refractivity contribution in [2.45, 2.75) is 12.5 Å². The van der Waals surface area contributed by atoms with Gasteiger partial charge >= 0.3 is 0 Å². The highest BCUT2D eigenvalue weighted by Crippen LogP contribution is 2.09. The molecule has 6 heteroatoms. The number of hydrazine groups is 1. The van der Waals surface area contributed by atoms with Gasteiger partial charge in [0.15, 0.2) is 0 Å². The molecule has 1 aromatic carbocycles. The Kier molecular flexibility index (Phi) is 5.16. The van der Waals surface area contributed by atoms with Gasteiger partial charge in [-0.1, -0.05) is 12.1 Å². The van der Waals surface area contributed by atoms with Crippen LogP contribution in [0.25, 0.3) is 0 Å². The summed E-state index contributed by atoms with van der Waals surface area (Å²) in [7, 11) is -3.01. The Bertz CT molecular complexity index is 431. The lowest BCUT2D eigenvalue weighted by atomic mass is 10.1. The van der Waals surface area contributed by atoms with Crippen LogP contribution in [0, 0.1) is 3.57 Å². The molecule has 0 saturated carbocycles. The van der Waals surface area contributed by atoms with Gasteiger partial charge in [-0.3, -0.25) is 11.3 Å². The fourth-order valence-electron chi connectivity index (χ4n) is 1.44. The number of hydrogen-bond donors (Lipinski definition) is 2. The molecule has 0 aromatic heterocycles. The molecule has 1 rings (SSSR count). The van der Waals surface area contributed by atoms with Crippen molar-refractivity contribution >= 4 is 32.4 Å². The molecule has 90 valence electrons. The van der Waals surface area contributed by atoms with Gasteiger partial charge < -0.3 is 0 Å². The van der Waals surface area contributed by atoms with Crippen molar-refractivity contribution in [1.29, 1.82) is 0 Å². The summed E-state index contributed by atoms with van der Waals surface area (Å²) in [6.45, 7) is 0. The van der Waals surface area contributed by atoms with E-state index in [4.69, 9.17) is 5.84 Å². The zero-order valence-electron chi connectivity index (χ0n) is 8.98. The number of hydrogen-bond acceptors (Lipinski definition) is 4. The van der Waals surface area contributed by atoms with Crippen LogP contribution in [-0.4, -0.2) is 26.5 Å². The van der Waals surface area contributed by atoms with Crippen LogP contribution < -0.4 is 11.3 Å². The number of benzene rings is 1. The maximum atomic E-state index is 11.1. The quantitative estimate of drug-likeness (QED) is 0.464. The second-order valence-electron chi connectivity index (χ2n) is 3.79. The molecule has 0 radical (unpaired) electrons. The van der Waals surface area contributed by atoms with E-state index in [9.17, 15) is 8.42 Å². The molecule has 3 N–H and O–H groups in total. The third-order valence-corrected chi connectivity index (χ3v) is 3.86. The average Bonchev–Trinajstić information content (AvgIpc) is 2.18. The topological polar surface area (TPSA) is 72.2 Å². The molecule has 0 aliphatic rings. The van der Waals surface area contributed by atoms with E-state index < -0.39 is 9.84 Å². The van der Waals surface area contributed by atoms with E-state index in [0.29, 0.717) is 6.42 Å². The molecule has 1 unspecified atom stereocenters. The fourth-order valence-corrected chi connectivity index (χ4v) is 2.74. The van der Waals surface area contributed by atoms with Crippen LogP contribution >= 0.6 is 22.6 Å². The van der Waals surface area contributed by atoms with Gasteiger partial charge in [0.1, 0.15) is 9.84 Å². The van der Waals surface area contributed by atoms with E-state index in [-0.39, 0.29) is 11.8 Å². The van der Waals surface area contributed by atoms with Crippen molar-refractivity contribution in [3.05, 3.63) is 33.4 Å². The Morgan fingerprint density at radius 3 is 2.38 bits per heavy atom. The molecule has 16 heavy (non-hydrogen) atoms. The van der Waals surface area contributed by atoms with E-state index >= 15 is 0 Å². The highest BCUT2D eigenvalue weighted by molar-refractivity contribution is 14.1. The smallest absolute Gasteiger partial charge is 0.149 e. The first-order valence-corrected chi connectivity index (χ1v) is 7.93. The largest absolute Gasteiger partial charge is 0.271 e. The third-order valence-electron chi connectivity index (χ3n) is 2.13. The Morgan fingerprint density at radius 1 is 1.38 bits per heavy atom. The maximum absolute atomic E-state index is 11.1. The second kappa shape index (κ2) is 5.95. The molecule has 4 nitrogen and oxygen atoms in total. The predicted octanol–water partition coefficient (Wildman–Crippen LogP) is 0.710. The highest BCUT2D eigenvalue weighted by atomic mass is 127. The minimum atomic E-state index is -3.01. The van der Waals surface area contributed by atoms with E-state index in [0.717, 1.165) is 9.13 Å². The third kappa shape index (κ3) is 5.24. The van der Waals surface area contributed by atoms with E-state index in [1.54, 1.807) is 0 Å². The van der Waals surface area contributed by atoms with Gasteiger partial charge in [0.05, 0.1) is 5.75 Å². The summed E-state index contributed by atoms with van der Waals surface area (Å²) in [5.74, 6) is 5.39. The van der Waals surface area contributed by atoms with Gasteiger partial charge in [0.25, 0.3) is 0 Å².